The molecule has 36 heteroatoms. The van der Waals surface area contributed by atoms with Gasteiger partial charge in [0.1, 0.15) is 141 Å². The van der Waals surface area contributed by atoms with Gasteiger partial charge in [-0.2, -0.15) is 0 Å². The van der Waals surface area contributed by atoms with Crippen molar-refractivity contribution >= 4 is 75.5 Å². The Morgan fingerprint density at radius 1 is 0.333 bits per heavy atom. The number of aliphatic hydroxyl groups excluding tert-OH is 25. The molecule has 0 aromatic carbocycles. The van der Waals surface area contributed by atoms with Gasteiger partial charge in [0, 0.05) is 0 Å². The third-order valence-electron chi connectivity index (χ3n) is 11.8. The normalized spacial score (nSPS) is 49.1. The maximum atomic E-state index is 10.00. The van der Waals surface area contributed by atoms with Gasteiger partial charge in [-0.25, -0.2) is 0 Å². The summed E-state index contributed by atoms with van der Waals surface area (Å²) in [6.07, 6.45) is -39.3. The van der Waals surface area contributed by atoms with Crippen LogP contribution in [0.4, 0.5) is 0 Å². The van der Waals surface area contributed by atoms with Crippen LogP contribution < -0.4 is 0 Å². The van der Waals surface area contributed by atoms with E-state index >= 15 is 0 Å². The van der Waals surface area contributed by atoms with Crippen LogP contribution in [0.15, 0.2) is 0 Å². The quantitative estimate of drug-likeness (QED) is 0.0807. The van der Waals surface area contributed by atoms with E-state index in [1.807, 2.05) is 0 Å². The Morgan fingerprint density at radius 2 is 0.694 bits per heavy atom. The molecule has 6 heterocycles. The summed E-state index contributed by atoms with van der Waals surface area (Å²) in [5, 5.41) is 242. The van der Waals surface area contributed by atoms with Gasteiger partial charge in [-0.1, -0.05) is 0 Å². The number of rotatable bonds is 12. The first-order valence-corrected chi connectivity index (χ1v) is 21.2. The van der Waals surface area contributed by atoms with Crippen molar-refractivity contribution in [3.8, 4) is 0 Å². The standard InChI is InChI=1S/2C12H22O11.2C6H12O6.2Ca.4H/c13-1-4-6(16)8(18)9(19)11(21-4)23-12(3-15)10(20)7(17)5(2-14)22-12;13-1-3-5(15)6(16)9(19)12(22-3)23-10-4(2-14)21-11(20)8(18)7(10)17;7-1-3-4(9)5(10)6(11,2-8)12-3;7-1-2-3(8)4(9)5(10)6(11)12-2;;;;;;/h4-11,13-20H,1-3H2;3-20H,1-2H2;3-5,7-11H,1-2H2;2-11H,1H2;;;;;;/t4-,5-,6-,7-,8+,9-,10+,11-,12+;3-,4-,5+,6+,7-,8-,9-,10-,11?,12+;3-,4-,5+,6-;2-,3-,4+,5-,6?;;;;;;/m1111....../s1. The molecule has 28 atom stereocenters. The van der Waals surface area contributed by atoms with E-state index in [0.29, 0.717) is 0 Å². The monoisotopic (exact) mass is 1130 g/mol. The number of hydrogen-bond donors (Lipinski definition) is 26. The Kier molecular flexibility index (Phi) is 31.5. The summed E-state index contributed by atoms with van der Waals surface area (Å²) in [5.74, 6) is -4.38. The molecule has 0 aromatic rings. The number of aliphatic hydroxyl groups is 26. The summed E-state index contributed by atoms with van der Waals surface area (Å²) >= 11 is 0. The van der Waals surface area contributed by atoms with E-state index in [2.05, 4.69) is 9.47 Å². The third-order valence-corrected chi connectivity index (χ3v) is 11.8. The zero-order valence-electron chi connectivity index (χ0n) is 36.6. The first-order valence-electron chi connectivity index (χ1n) is 21.2. The zero-order valence-corrected chi connectivity index (χ0v) is 36.6. The van der Waals surface area contributed by atoms with Crippen LogP contribution in [-0.4, -0.2) is 432 Å². The number of ether oxygens (including phenoxy) is 8. The molecular formula is C36H72Ca2O34. The van der Waals surface area contributed by atoms with Gasteiger partial charge in [0.2, 0.25) is 11.6 Å². The second-order valence-corrected chi connectivity index (χ2v) is 16.6. The van der Waals surface area contributed by atoms with E-state index in [-0.39, 0.29) is 75.5 Å². The molecule has 2 unspecified atom stereocenters. The van der Waals surface area contributed by atoms with Crippen molar-refractivity contribution in [1.82, 2.24) is 0 Å². The second kappa shape index (κ2) is 31.8. The Hall–Kier alpha value is 1.16. The molecule has 72 heavy (non-hydrogen) atoms. The van der Waals surface area contributed by atoms with Gasteiger partial charge in [0.25, 0.3) is 0 Å². The molecular weight excluding hydrogens is 1060 g/mol. The summed E-state index contributed by atoms with van der Waals surface area (Å²) in [6.45, 7) is -5.55. The fourth-order valence-electron chi connectivity index (χ4n) is 7.43. The average Bonchev–Trinajstić information content (AvgIpc) is 3.74. The molecule has 6 rings (SSSR count). The summed E-state index contributed by atoms with van der Waals surface area (Å²) < 4.78 is 39.9. The number of hydrogen-bond acceptors (Lipinski definition) is 34. The third kappa shape index (κ3) is 16.4. The molecule has 0 spiro atoms. The molecule has 0 radical (unpaired) electrons. The van der Waals surface area contributed by atoms with Crippen molar-refractivity contribution in [2.45, 2.75) is 171 Å². The summed E-state index contributed by atoms with van der Waals surface area (Å²) in [7, 11) is 0. The molecule has 0 bridgehead atoms. The van der Waals surface area contributed by atoms with E-state index in [1.54, 1.807) is 0 Å². The Bertz CT molecular complexity index is 1490. The molecule has 6 saturated heterocycles. The molecule has 6 fully saturated rings. The molecule has 0 saturated carbocycles. The van der Waals surface area contributed by atoms with Crippen LogP contribution in [-0.2, 0) is 37.9 Å². The summed E-state index contributed by atoms with van der Waals surface area (Å²) in [5.41, 5.74) is 0. The van der Waals surface area contributed by atoms with Gasteiger partial charge in [0.05, 0.1) is 46.2 Å². The fourth-order valence-corrected chi connectivity index (χ4v) is 7.43. The van der Waals surface area contributed by atoms with E-state index in [9.17, 15) is 71.5 Å². The Labute approximate surface area is 466 Å². The predicted molar refractivity (Wildman–Crippen MR) is 226 cm³/mol. The molecule has 0 aromatic heterocycles. The Morgan fingerprint density at radius 3 is 1.08 bits per heavy atom. The van der Waals surface area contributed by atoms with Gasteiger partial charge >= 0.3 is 75.5 Å². The molecule has 424 valence electrons. The zero-order chi connectivity index (χ0) is 53.3. The van der Waals surface area contributed by atoms with E-state index in [1.165, 1.54) is 0 Å². The topological polar surface area (TPSA) is 600 Å². The molecule has 0 amide bonds. The van der Waals surface area contributed by atoms with Crippen LogP contribution in [0, 0.1) is 0 Å². The van der Waals surface area contributed by atoms with Gasteiger partial charge in [-0.15, -0.1) is 0 Å². The van der Waals surface area contributed by atoms with Crippen LogP contribution in [0.25, 0.3) is 0 Å². The minimum atomic E-state index is -2.22. The van der Waals surface area contributed by atoms with E-state index < -0.39 is 224 Å². The maximum absolute atomic E-state index is 10.00. The van der Waals surface area contributed by atoms with Crippen molar-refractivity contribution < 1.29 is 171 Å². The van der Waals surface area contributed by atoms with Gasteiger partial charge in [-0.3, -0.25) is 0 Å². The van der Waals surface area contributed by atoms with Crippen LogP contribution >= 0.6 is 0 Å². The molecule has 26 N–H and O–H groups in total. The van der Waals surface area contributed by atoms with Crippen molar-refractivity contribution in [2.75, 3.05) is 52.9 Å². The van der Waals surface area contributed by atoms with Crippen molar-refractivity contribution in [1.29, 1.82) is 0 Å². The predicted octanol–water partition coefficient (Wildman–Crippen LogP) is -19.1. The molecule has 34 nitrogen and oxygen atoms in total. The molecule has 6 aliphatic rings. The average molecular weight is 1130 g/mol. The van der Waals surface area contributed by atoms with E-state index in [0.717, 1.165) is 0 Å². The van der Waals surface area contributed by atoms with Crippen LogP contribution in [0.1, 0.15) is 0 Å². The van der Waals surface area contributed by atoms with Crippen molar-refractivity contribution in [3.05, 3.63) is 0 Å². The first-order chi connectivity index (χ1) is 32.7. The Balaban J connectivity index is 0.000000497. The van der Waals surface area contributed by atoms with Gasteiger partial charge < -0.3 is 171 Å². The summed E-state index contributed by atoms with van der Waals surface area (Å²) in [4.78, 5) is 0. The van der Waals surface area contributed by atoms with Crippen LogP contribution in [0.3, 0.4) is 0 Å². The minimum absolute atomic E-state index is 0. The molecule has 6 aliphatic heterocycles. The fraction of sp³-hybridized carbons (Fsp3) is 1.00. The van der Waals surface area contributed by atoms with Gasteiger partial charge in [0.15, 0.2) is 25.2 Å². The molecule has 0 aliphatic carbocycles. The van der Waals surface area contributed by atoms with Crippen LogP contribution in [0.5, 0.6) is 0 Å². The van der Waals surface area contributed by atoms with Crippen molar-refractivity contribution in [3.63, 3.8) is 0 Å². The first kappa shape index (κ1) is 71.2. The van der Waals surface area contributed by atoms with E-state index in [4.69, 9.17) is 89.7 Å². The SMILES string of the molecule is OC[C@H]1OC(O)[C@H](O)[C@@H](O)[C@@H]1O.OC[C@H]1O[C@@H](O[C@H]2[C@H](O)[C@@H](O)C(O)O[C@@H]2CO)[C@H](O)[C@@H](O)[C@H]1O.OC[C@H]1O[C@@](CO)(O[C@H]2O[C@H](CO)[C@@H](O)[C@H](O)[C@H]2O)[C@@H](O)[C@@H]1O.OC[C@H]1O[C@](O)(CO)[C@@H](O)[C@@H]1O.[CaH2].[CaH2]. The van der Waals surface area contributed by atoms with Crippen LogP contribution in [0.2, 0.25) is 0 Å². The van der Waals surface area contributed by atoms with Crippen molar-refractivity contribution in [2.24, 2.45) is 0 Å². The summed E-state index contributed by atoms with van der Waals surface area (Å²) in [6, 6.07) is 0. The van der Waals surface area contributed by atoms with Gasteiger partial charge in [-0.05, 0) is 0 Å². The second-order valence-electron chi connectivity index (χ2n) is 16.6.